The smallest absolute Gasteiger partial charge is 0.326 e. The number of benzene rings is 4. The number of unbranched alkanes of at least 4 members (excludes halogenated alkanes) is 1. The van der Waals surface area contributed by atoms with Gasteiger partial charge in [-0.1, -0.05) is 75.2 Å². The van der Waals surface area contributed by atoms with Crippen molar-refractivity contribution in [2.75, 3.05) is 26.7 Å². The summed E-state index contributed by atoms with van der Waals surface area (Å²) in [6, 6.07) is 20.8. The van der Waals surface area contributed by atoms with Crippen LogP contribution >= 0.6 is 11.6 Å². The lowest BCUT2D eigenvalue weighted by molar-refractivity contribution is -0.141. The van der Waals surface area contributed by atoms with E-state index in [1.807, 2.05) is 45.0 Å². The van der Waals surface area contributed by atoms with Crippen molar-refractivity contribution in [3.63, 3.8) is 0 Å². The Balaban J connectivity index is 0.00000107. The number of nitrogens with one attached hydrogen (secondary N) is 3. The molecule has 3 unspecified atom stereocenters. The number of nitrogens with zero attached hydrogens (tertiary/aromatic N) is 1. The van der Waals surface area contributed by atoms with Crippen molar-refractivity contribution >= 4 is 35.3 Å². The first-order valence-electron chi connectivity index (χ1n) is 18.3. The molecule has 4 aromatic rings. The van der Waals surface area contributed by atoms with Crippen molar-refractivity contribution in [2.45, 2.75) is 65.1 Å². The summed E-state index contributed by atoms with van der Waals surface area (Å²) in [4.78, 5) is 53.1. The molecule has 5 rings (SSSR count). The molecule has 1 heterocycles. The summed E-state index contributed by atoms with van der Waals surface area (Å²) in [5, 5.41) is 39.8. The number of aliphatic carboxylic acids is 1. The minimum atomic E-state index is -1.30. The van der Waals surface area contributed by atoms with Crippen molar-refractivity contribution in [1.82, 2.24) is 20.9 Å². The number of aromatic hydroxyl groups is 2. The minimum absolute atomic E-state index is 0.0934. The second-order valence-electron chi connectivity index (χ2n) is 12.9. The fourth-order valence-electron chi connectivity index (χ4n) is 5.78. The van der Waals surface area contributed by atoms with Crippen LogP contribution in [0.1, 0.15) is 68.1 Å². The molecule has 0 fully saturated rings. The molecular weight excluding hydrogens is 722 g/mol. The van der Waals surface area contributed by atoms with Crippen LogP contribution < -0.4 is 21.7 Å². The lowest BCUT2D eigenvalue weighted by Gasteiger charge is -2.33. The molecule has 8 N–H and O–H groups in total. The number of carbonyl (C=O) groups excluding carboxylic acids is 3. The molecule has 0 aliphatic carbocycles. The standard InChI is InChI=1S/C36H35ClN4O7.C4H11N.C2H6/c1-20(18-38-34(45)24-6-4-22(5-7-24)23-8-11-26(37)12-9-23)41(2)33-25-10-14-31(43)28(17-25)27-15-21(3-13-30(27)42)16-29(36(47)48)40-32(44)19-39-35(33)46;1-2-3-4-5;1-2/h3-15,17,20,29,33,42-43H,16,18-19H2,1-2H3,(H,38,45)(H,39,46)(H,40,44)(H,47,48);2-5H2,1H3;1-2H3. The van der Waals surface area contributed by atoms with Crippen LogP contribution in [0, 0.1) is 0 Å². The van der Waals surface area contributed by atoms with E-state index in [0.717, 1.165) is 17.7 Å². The van der Waals surface area contributed by atoms with Gasteiger partial charge in [-0.05, 0) is 97.7 Å². The fourth-order valence-corrected chi connectivity index (χ4v) is 5.91. The van der Waals surface area contributed by atoms with Gasteiger partial charge in [0.15, 0.2) is 0 Å². The van der Waals surface area contributed by atoms with Gasteiger partial charge in [-0.15, -0.1) is 0 Å². The van der Waals surface area contributed by atoms with Crippen LogP contribution in [0.15, 0.2) is 84.9 Å². The van der Waals surface area contributed by atoms with Crippen LogP contribution in [0.2, 0.25) is 5.02 Å². The van der Waals surface area contributed by atoms with Gasteiger partial charge in [0.1, 0.15) is 23.6 Å². The predicted octanol–water partition coefficient (Wildman–Crippen LogP) is 5.89. The molecule has 4 bridgehead atoms. The number of rotatable bonds is 9. The van der Waals surface area contributed by atoms with E-state index in [1.54, 1.807) is 54.4 Å². The summed E-state index contributed by atoms with van der Waals surface area (Å²) in [7, 11) is 1.69. The summed E-state index contributed by atoms with van der Waals surface area (Å²) in [5.74, 6) is -3.16. The first-order valence-corrected chi connectivity index (χ1v) is 18.7. The van der Waals surface area contributed by atoms with Gasteiger partial charge in [0.05, 0.1) is 6.54 Å². The Morgan fingerprint density at radius 1 is 0.927 bits per heavy atom. The van der Waals surface area contributed by atoms with E-state index in [2.05, 4.69) is 22.9 Å². The third-order valence-corrected chi connectivity index (χ3v) is 9.23. The molecule has 0 radical (unpaired) electrons. The molecule has 3 amide bonds. The number of phenols is 2. The second kappa shape index (κ2) is 21.5. The average molecular weight is 774 g/mol. The maximum absolute atomic E-state index is 13.7. The quantitative estimate of drug-likeness (QED) is 0.109. The maximum atomic E-state index is 13.7. The number of halogens is 1. The Bertz CT molecular complexity index is 1900. The van der Waals surface area contributed by atoms with E-state index in [9.17, 15) is 34.5 Å². The highest BCUT2D eigenvalue weighted by Gasteiger charge is 2.31. The molecule has 12 nitrogen and oxygen atoms in total. The number of fused-ring (bicyclic) bond motifs is 5. The van der Waals surface area contributed by atoms with Gasteiger partial charge in [0, 0.05) is 40.7 Å². The Labute approximate surface area is 327 Å². The maximum Gasteiger partial charge on any atom is 0.326 e. The number of likely N-dealkylation sites (N-methyl/N-ethyl adjacent to an activating group) is 1. The summed E-state index contributed by atoms with van der Waals surface area (Å²) in [5.41, 5.74) is 8.88. The van der Waals surface area contributed by atoms with Crippen molar-refractivity contribution < 1.29 is 34.5 Å². The number of amides is 3. The average Bonchev–Trinajstić information content (AvgIpc) is 3.18. The number of hydrogen-bond acceptors (Lipinski definition) is 8. The van der Waals surface area contributed by atoms with Crippen LogP contribution in [0.25, 0.3) is 22.3 Å². The van der Waals surface area contributed by atoms with Crippen LogP contribution in [0.3, 0.4) is 0 Å². The van der Waals surface area contributed by atoms with Gasteiger partial charge in [-0.3, -0.25) is 19.3 Å². The number of nitrogens with two attached hydrogens (primary N) is 1. The number of carboxylic acid groups (broad SMARTS) is 1. The van der Waals surface area contributed by atoms with E-state index in [0.29, 0.717) is 21.7 Å². The third kappa shape index (κ3) is 12.3. The van der Waals surface area contributed by atoms with Crippen molar-refractivity contribution in [1.29, 1.82) is 0 Å². The molecule has 4 aromatic carbocycles. The molecule has 0 saturated heterocycles. The van der Waals surface area contributed by atoms with E-state index in [4.69, 9.17) is 17.3 Å². The van der Waals surface area contributed by atoms with Crippen LogP contribution in [-0.4, -0.2) is 82.7 Å². The molecular formula is C42H52ClN5O7. The van der Waals surface area contributed by atoms with Crippen molar-refractivity contribution in [3.05, 3.63) is 107 Å². The first-order chi connectivity index (χ1) is 26.3. The molecule has 0 spiro atoms. The summed E-state index contributed by atoms with van der Waals surface area (Å²) in [6.07, 6.45) is 2.29. The topological polar surface area (TPSA) is 194 Å². The summed E-state index contributed by atoms with van der Waals surface area (Å²) >= 11 is 5.99. The highest BCUT2D eigenvalue weighted by atomic mass is 35.5. The Kier molecular flexibility index (Phi) is 17.2. The Morgan fingerprint density at radius 3 is 2.07 bits per heavy atom. The van der Waals surface area contributed by atoms with E-state index in [1.165, 1.54) is 31.0 Å². The molecule has 0 aromatic heterocycles. The van der Waals surface area contributed by atoms with E-state index < -0.39 is 42.5 Å². The molecule has 3 atom stereocenters. The SMILES string of the molecule is CC.CC(CNC(=O)c1ccc(-c2ccc(Cl)cc2)cc1)N(C)C1C(=O)NCC(=O)NC(C(=O)O)Cc2ccc(O)c(c2)-c2cc1ccc2O.CCCCN. The number of hydrogen-bond donors (Lipinski definition) is 7. The van der Waals surface area contributed by atoms with E-state index in [-0.39, 0.29) is 41.5 Å². The highest BCUT2D eigenvalue weighted by molar-refractivity contribution is 6.30. The van der Waals surface area contributed by atoms with Crippen molar-refractivity contribution in [3.8, 4) is 33.8 Å². The molecule has 0 saturated carbocycles. The monoisotopic (exact) mass is 773 g/mol. The second-order valence-corrected chi connectivity index (χ2v) is 13.3. The zero-order chi connectivity index (χ0) is 40.7. The van der Waals surface area contributed by atoms with Crippen LogP contribution in [-0.2, 0) is 20.8 Å². The zero-order valence-corrected chi connectivity index (χ0v) is 32.7. The van der Waals surface area contributed by atoms with Gasteiger partial charge in [0.2, 0.25) is 11.8 Å². The Hall–Kier alpha value is -5.43. The van der Waals surface area contributed by atoms with E-state index >= 15 is 0 Å². The molecule has 1 aliphatic rings. The van der Waals surface area contributed by atoms with Gasteiger partial charge < -0.3 is 37.0 Å². The van der Waals surface area contributed by atoms with Gasteiger partial charge in [-0.2, -0.15) is 0 Å². The lowest BCUT2D eigenvalue weighted by Crippen LogP contribution is -2.50. The lowest BCUT2D eigenvalue weighted by atomic mass is 9.94. The largest absolute Gasteiger partial charge is 0.507 e. The third-order valence-electron chi connectivity index (χ3n) is 8.98. The number of carbonyl (C=O) groups is 4. The predicted molar refractivity (Wildman–Crippen MR) is 216 cm³/mol. The molecule has 13 heteroatoms. The fraction of sp³-hybridized carbons (Fsp3) is 0.333. The normalized spacial score (nSPS) is 15.8. The minimum Gasteiger partial charge on any atom is -0.507 e. The molecule has 294 valence electrons. The Morgan fingerprint density at radius 2 is 1.51 bits per heavy atom. The summed E-state index contributed by atoms with van der Waals surface area (Å²) in [6.45, 7) is 8.48. The zero-order valence-electron chi connectivity index (χ0n) is 31.9. The van der Waals surface area contributed by atoms with Gasteiger partial charge >= 0.3 is 5.97 Å². The summed E-state index contributed by atoms with van der Waals surface area (Å²) < 4.78 is 0. The van der Waals surface area contributed by atoms with Gasteiger partial charge in [0.25, 0.3) is 5.91 Å². The van der Waals surface area contributed by atoms with Crippen LogP contribution in [0.5, 0.6) is 11.5 Å². The van der Waals surface area contributed by atoms with Gasteiger partial charge in [-0.25, -0.2) is 4.79 Å². The number of carboxylic acids is 1. The highest BCUT2D eigenvalue weighted by Crippen LogP contribution is 2.39. The number of phenolic OH excluding ortho intramolecular Hbond substituents is 2. The van der Waals surface area contributed by atoms with Crippen molar-refractivity contribution in [2.24, 2.45) is 5.73 Å². The molecule has 1 aliphatic heterocycles. The first kappa shape index (κ1) is 44.0. The molecule has 55 heavy (non-hydrogen) atoms. The van der Waals surface area contributed by atoms with Crippen LogP contribution in [0.4, 0.5) is 0 Å².